The van der Waals surface area contributed by atoms with Crippen LogP contribution in [0.15, 0.2) is 23.1 Å². The molecular formula is C15H26N2O2S. The van der Waals surface area contributed by atoms with Crippen LogP contribution in [-0.4, -0.2) is 32.4 Å². The Kier molecular flexibility index (Phi) is 6.17. The highest BCUT2D eigenvalue weighted by atomic mass is 32.2. The number of nitrogens with two attached hydrogens (primary N) is 1. The van der Waals surface area contributed by atoms with Gasteiger partial charge >= 0.3 is 0 Å². The van der Waals surface area contributed by atoms with Crippen LogP contribution in [0.1, 0.15) is 31.4 Å². The molecule has 1 aromatic rings. The van der Waals surface area contributed by atoms with Gasteiger partial charge in [0.25, 0.3) is 0 Å². The van der Waals surface area contributed by atoms with Gasteiger partial charge in [0.05, 0.1) is 4.90 Å². The second-order valence-corrected chi connectivity index (χ2v) is 7.58. The molecule has 0 heterocycles. The van der Waals surface area contributed by atoms with E-state index in [1.54, 1.807) is 16.4 Å². The largest absolute Gasteiger partial charge is 0.330 e. The third-order valence-electron chi connectivity index (χ3n) is 3.30. The zero-order chi connectivity index (χ0) is 15.3. The predicted molar refractivity (Wildman–Crippen MR) is 83.2 cm³/mol. The average Bonchev–Trinajstić information content (AvgIpc) is 2.37. The summed E-state index contributed by atoms with van der Waals surface area (Å²) in [6.45, 7) is 9.44. The molecule has 0 saturated heterocycles. The van der Waals surface area contributed by atoms with Gasteiger partial charge in [0.2, 0.25) is 10.0 Å². The maximum Gasteiger partial charge on any atom is 0.243 e. The van der Waals surface area contributed by atoms with Crippen LogP contribution in [0.2, 0.25) is 0 Å². The van der Waals surface area contributed by atoms with Crippen molar-refractivity contribution in [2.75, 3.05) is 19.6 Å². The minimum absolute atomic E-state index is 0.286. The number of benzene rings is 1. The molecule has 0 fully saturated rings. The van der Waals surface area contributed by atoms with Crippen LogP contribution in [0.5, 0.6) is 0 Å². The van der Waals surface area contributed by atoms with Crippen molar-refractivity contribution in [2.45, 2.75) is 39.0 Å². The summed E-state index contributed by atoms with van der Waals surface area (Å²) in [4.78, 5) is 0.373. The van der Waals surface area contributed by atoms with Crippen molar-refractivity contribution in [3.8, 4) is 0 Å². The van der Waals surface area contributed by atoms with Crippen LogP contribution < -0.4 is 5.73 Å². The number of sulfonamides is 1. The second kappa shape index (κ2) is 7.20. The lowest BCUT2D eigenvalue weighted by atomic mass is 10.1. The van der Waals surface area contributed by atoms with Crippen LogP contribution >= 0.6 is 0 Å². The highest BCUT2D eigenvalue weighted by Gasteiger charge is 2.24. The third-order valence-corrected chi connectivity index (χ3v) is 5.16. The van der Waals surface area contributed by atoms with Crippen LogP contribution in [-0.2, 0) is 10.0 Å². The van der Waals surface area contributed by atoms with Gasteiger partial charge in [0, 0.05) is 13.1 Å². The molecule has 2 N–H and O–H groups in total. The SMILES string of the molecule is Cc1ccc(S(=O)(=O)N(CCCN)CC(C)C)cc1C. The Bertz CT molecular complexity index is 539. The van der Waals surface area contributed by atoms with E-state index >= 15 is 0 Å². The van der Waals surface area contributed by atoms with Gasteiger partial charge in [-0.3, -0.25) is 0 Å². The van der Waals surface area contributed by atoms with Crippen LogP contribution in [0.25, 0.3) is 0 Å². The van der Waals surface area contributed by atoms with Gasteiger partial charge in [-0.15, -0.1) is 0 Å². The monoisotopic (exact) mass is 298 g/mol. The van der Waals surface area contributed by atoms with E-state index in [2.05, 4.69) is 0 Å². The van der Waals surface area contributed by atoms with Gasteiger partial charge < -0.3 is 5.73 Å². The summed E-state index contributed by atoms with van der Waals surface area (Å²) in [7, 11) is -3.43. The molecular weight excluding hydrogens is 272 g/mol. The molecule has 5 heteroatoms. The molecule has 114 valence electrons. The Hall–Kier alpha value is -0.910. The van der Waals surface area contributed by atoms with Gasteiger partial charge in [-0.1, -0.05) is 19.9 Å². The number of nitrogens with zero attached hydrogens (tertiary/aromatic N) is 1. The highest BCUT2D eigenvalue weighted by molar-refractivity contribution is 7.89. The molecule has 4 nitrogen and oxygen atoms in total. The lowest BCUT2D eigenvalue weighted by Gasteiger charge is -2.24. The fourth-order valence-corrected chi connectivity index (χ4v) is 3.74. The molecule has 0 spiro atoms. The molecule has 0 aliphatic rings. The highest BCUT2D eigenvalue weighted by Crippen LogP contribution is 2.20. The topological polar surface area (TPSA) is 63.4 Å². The Morgan fingerprint density at radius 1 is 1.20 bits per heavy atom. The van der Waals surface area contributed by atoms with Gasteiger partial charge in [0.15, 0.2) is 0 Å². The van der Waals surface area contributed by atoms with Crippen LogP contribution in [0.3, 0.4) is 0 Å². The maximum absolute atomic E-state index is 12.7. The fraction of sp³-hybridized carbons (Fsp3) is 0.600. The minimum Gasteiger partial charge on any atom is -0.330 e. The van der Waals surface area contributed by atoms with Crippen molar-refractivity contribution in [3.05, 3.63) is 29.3 Å². The molecule has 0 amide bonds. The summed E-state index contributed by atoms with van der Waals surface area (Å²) in [5.74, 6) is 0.286. The van der Waals surface area contributed by atoms with Gasteiger partial charge in [-0.2, -0.15) is 4.31 Å². The molecule has 0 saturated carbocycles. The quantitative estimate of drug-likeness (QED) is 0.840. The summed E-state index contributed by atoms with van der Waals surface area (Å²) < 4.78 is 27.0. The van der Waals surface area contributed by atoms with Crippen molar-refractivity contribution in [1.29, 1.82) is 0 Å². The Morgan fingerprint density at radius 3 is 2.35 bits per heavy atom. The van der Waals surface area contributed by atoms with E-state index in [-0.39, 0.29) is 5.92 Å². The average molecular weight is 298 g/mol. The van der Waals surface area contributed by atoms with E-state index in [4.69, 9.17) is 5.73 Å². The summed E-state index contributed by atoms with van der Waals surface area (Å²) in [6.07, 6.45) is 0.677. The molecule has 0 aliphatic heterocycles. The fourth-order valence-electron chi connectivity index (χ4n) is 2.01. The number of hydrogen-bond donors (Lipinski definition) is 1. The van der Waals surface area contributed by atoms with E-state index in [0.717, 1.165) is 11.1 Å². The zero-order valence-corrected chi connectivity index (χ0v) is 13.7. The Labute approximate surface area is 123 Å². The molecule has 1 rings (SSSR count). The zero-order valence-electron chi connectivity index (χ0n) is 12.9. The summed E-state index contributed by atoms with van der Waals surface area (Å²) in [5, 5.41) is 0. The number of rotatable bonds is 7. The molecule has 0 radical (unpaired) electrons. The van der Waals surface area contributed by atoms with E-state index in [1.165, 1.54) is 0 Å². The molecule has 1 aromatic carbocycles. The second-order valence-electron chi connectivity index (χ2n) is 5.65. The summed E-state index contributed by atoms with van der Waals surface area (Å²) >= 11 is 0. The molecule has 0 unspecified atom stereocenters. The lowest BCUT2D eigenvalue weighted by Crippen LogP contribution is -2.36. The van der Waals surface area contributed by atoms with Crippen molar-refractivity contribution < 1.29 is 8.42 Å². The maximum atomic E-state index is 12.7. The first kappa shape index (κ1) is 17.1. The van der Waals surface area contributed by atoms with E-state index < -0.39 is 10.0 Å². The van der Waals surface area contributed by atoms with E-state index in [1.807, 2.05) is 33.8 Å². The van der Waals surface area contributed by atoms with Gasteiger partial charge in [-0.05, 0) is 56.0 Å². The smallest absolute Gasteiger partial charge is 0.243 e. The van der Waals surface area contributed by atoms with E-state index in [9.17, 15) is 8.42 Å². The summed E-state index contributed by atoms with van der Waals surface area (Å²) in [5.41, 5.74) is 7.61. The Balaban J connectivity index is 3.10. The first-order valence-electron chi connectivity index (χ1n) is 7.06. The van der Waals surface area contributed by atoms with Gasteiger partial charge in [-0.25, -0.2) is 8.42 Å². The van der Waals surface area contributed by atoms with Crippen molar-refractivity contribution in [1.82, 2.24) is 4.31 Å². The molecule has 0 aromatic heterocycles. The van der Waals surface area contributed by atoms with Gasteiger partial charge in [0.1, 0.15) is 0 Å². The first-order chi connectivity index (χ1) is 9.28. The summed E-state index contributed by atoms with van der Waals surface area (Å²) in [6, 6.07) is 5.30. The normalized spacial score (nSPS) is 12.3. The third kappa shape index (κ3) is 4.30. The van der Waals surface area contributed by atoms with Crippen molar-refractivity contribution >= 4 is 10.0 Å². The van der Waals surface area contributed by atoms with Crippen molar-refractivity contribution in [3.63, 3.8) is 0 Å². The number of aryl methyl sites for hydroxylation is 2. The molecule has 0 bridgehead atoms. The molecule has 20 heavy (non-hydrogen) atoms. The van der Waals surface area contributed by atoms with Crippen LogP contribution in [0.4, 0.5) is 0 Å². The predicted octanol–water partition coefficient (Wildman–Crippen LogP) is 2.30. The molecule has 0 atom stereocenters. The standard InChI is InChI=1S/C15H26N2O2S/c1-12(2)11-17(9-5-8-16)20(18,19)15-7-6-13(3)14(4)10-15/h6-7,10,12H,5,8-9,11,16H2,1-4H3. The lowest BCUT2D eigenvalue weighted by molar-refractivity contribution is 0.364. The van der Waals surface area contributed by atoms with E-state index in [0.29, 0.717) is 31.0 Å². The van der Waals surface area contributed by atoms with Crippen molar-refractivity contribution in [2.24, 2.45) is 11.7 Å². The Morgan fingerprint density at radius 2 is 1.85 bits per heavy atom. The first-order valence-corrected chi connectivity index (χ1v) is 8.50. The van der Waals surface area contributed by atoms with Crippen LogP contribution in [0, 0.1) is 19.8 Å². The molecule has 0 aliphatic carbocycles. The minimum atomic E-state index is -3.43. The number of hydrogen-bond acceptors (Lipinski definition) is 3.